The Bertz CT molecular complexity index is 925. The molecule has 2 aliphatic rings. The predicted octanol–water partition coefficient (Wildman–Crippen LogP) is 3.05. The Morgan fingerprint density at radius 1 is 1.23 bits per heavy atom. The normalized spacial score (nSPS) is 23.0. The molecule has 1 atom stereocenters. The predicted molar refractivity (Wildman–Crippen MR) is 103 cm³/mol. The van der Waals surface area contributed by atoms with Gasteiger partial charge in [0, 0.05) is 6.07 Å². The molecule has 1 aromatic rings. The summed E-state index contributed by atoms with van der Waals surface area (Å²) in [5.41, 5.74) is -3.17. The summed E-state index contributed by atoms with van der Waals surface area (Å²) in [7, 11) is 0. The highest BCUT2D eigenvalue weighted by molar-refractivity contribution is 5.93. The van der Waals surface area contributed by atoms with E-state index in [1.807, 2.05) is 0 Å². The molecular weight excluding hydrogens is 398 g/mol. The van der Waals surface area contributed by atoms with Gasteiger partial charge in [-0.1, -0.05) is 0 Å². The first-order valence-corrected chi connectivity index (χ1v) is 9.72. The topological polar surface area (TPSA) is 87.2 Å². The largest absolute Gasteiger partial charge is 0.480 e. The molecular formula is C21H26F2N2O5. The summed E-state index contributed by atoms with van der Waals surface area (Å²) in [6.07, 6.45) is -0.398. The van der Waals surface area contributed by atoms with Gasteiger partial charge in [-0.25, -0.2) is 13.6 Å². The number of piperazine rings is 1. The molecule has 30 heavy (non-hydrogen) atoms. The molecule has 1 aromatic carbocycles. The van der Waals surface area contributed by atoms with Crippen molar-refractivity contribution in [3.05, 3.63) is 34.9 Å². The van der Waals surface area contributed by atoms with E-state index >= 15 is 0 Å². The van der Waals surface area contributed by atoms with E-state index in [4.69, 9.17) is 4.74 Å². The van der Waals surface area contributed by atoms with E-state index in [0.717, 1.165) is 17.0 Å². The number of fused-ring (bicyclic) bond motifs is 2. The summed E-state index contributed by atoms with van der Waals surface area (Å²) in [6.45, 7) is 7.28. The fourth-order valence-corrected chi connectivity index (χ4v) is 4.34. The Balaban J connectivity index is 2.17. The van der Waals surface area contributed by atoms with Crippen molar-refractivity contribution in [3.8, 4) is 0 Å². The van der Waals surface area contributed by atoms with Crippen LogP contribution in [0.4, 0.5) is 13.6 Å². The quantitative estimate of drug-likeness (QED) is 0.789. The average molecular weight is 424 g/mol. The van der Waals surface area contributed by atoms with E-state index in [1.165, 1.54) is 18.7 Å². The summed E-state index contributed by atoms with van der Waals surface area (Å²) < 4.78 is 34.0. The minimum Gasteiger partial charge on any atom is -0.480 e. The second kappa shape index (κ2) is 6.92. The van der Waals surface area contributed by atoms with Crippen LogP contribution in [0.25, 0.3) is 0 Å². The van der Waals surface area contributed by atoms with Gasteiger partial charge in [-0.2, -0.15) is 0 Å². The van der Waals surface area contributed by atoms with Gasteiger partial charge in [-0.05, 0) is 64.7 Å². The maximum Gasteiger partial charge on any atom is 0.411 e. The van der Waals surface area contributed by atoms with Crippen molar-refractivity contribution >= 4 is 18.0 Å². The SMILES string of the molecule is CC(C)(C)OC(=O)N1CC2(CCc3c(F)cc(F)cc32)N(CC(=O)O)C(=O)C1(C)C. The number of carboxylic acid groups (broad SMARTS) is 1. The third-order valence-corrected chi connectivity index (χ3v) is 5.74. The molecule has 2 amide bonds. The molecule has 1 heterocycles. The summed E-state index contributed by atoms with van der Waals surface area (Å²) in [6, 6.07) is 1.89. The molecule has 1 aliphatic heterocycles. The van der Waals surface area contributed by atoms with Gasteiger partial charge in [0.15, 0.2) is 0 Å². The standard InChI is InChI=1S/C21H26F2N2O5/c1-19(2,3)30-18(29)25-11-21(24(10-16(26)27)17(28)20(25,4)5)7-6-13-14(21)8-12(22)9-15(13)23/h8-9H,6-7,10-11H2,1-5H3,(H,26,27). The highest BCUT2D eigenvalue weighted by Crippen LogP contribution is 2.48. The van der Waals surface area contributed by atoms with Crippen LogP contribution in [-0.4, -0.2) is 57.1 Å². The Labute approximate surface area is 173 Å². The van der Waals surface area contributed by atoms with Crippen molar-refractivity contribution in [1.29, 1.82) is 0 Å². The number of rotatable bonds is 2. The number of benzene rings is 1. The number of ether oxygens (including phenoxy) is 1. The van der Waals surface area contributed by atoms with Gasteiger partial charge in [0.2, 0.25) is 5.91 Å². The second-order valence-electron chi connectivity index (χ2n) is 9.36. The molecule has 9 heteroatoms. The van der Waals surface area contributed by atoms with Crippen LogP contribution >= 0.6 is 0 Å². The lowest BCUT2D eigenvalue weighted by molar-refractivity contribution is -0.167. The minimum atomic E-state index is -1.41. The summed E-state index contributed by atoms with van der Waals surface area (Å²) in [4.78, 5) is 40.3. The number of hydrogen-bond acceptors (Lipinski definition) is 4. The van der Waals surface area contributed by atoms with Crippen LogP contribution in [0.2, 0.25) is 0 Å². The zero-order chi connectivity index (χ0) is 22.6. The highest BCUT2D eigenvalue weighted by Gasteiger charge is 2.59. The van der Waals surface area contributed by atoms with Crippen molar-refractivity contribution in [2.75, 3.05) is 13.1 Å². The van der Waals surface area contributed by atoms with Crippen molar-refractivity contribution in [2.24, 2.45) is 0 Å². The molecule has 1 N–H and O–H groups in total. The Hall–Kier alpha value is -2.71. The molecule has 0 radical (unpaired) electrons. The van der Waals surface area contributed by atoms with E-state index in [9.17, 15) is 28.3 Å². The van der Waals surface area contributed by atoms with Gasteiger partial charge in [0.05, 0.1) is 12.1 Å². The van der Waals surface area contributed by atoms with Crippen molar-refractivity contribution < 1.29 is 33.0 Å². The van der Waals surface area contributed by atoms with Crippen molar-refractivity contribution in [2.45, 2.75) is 64.1 Å². The van der Waals surface area contributed by atoms with Crippen LogP contribution in [-0.2, 0) is 26.3 Å². The highest BCUT2D eigenvalue weighted by atomic mass is 19.1. The first kappa shape index (κ1) is 22.0. The number of nitrogens with zero attached hydrogens (tertiary/aromatic N) is 2. The zero-order valence-electron chi connectivity index (χ0n) is 17.7. The summed E-state index contributed by atoms with van der Waals surface area (Å²) >= 11 is 0. The fraction of sp³-hybridized carbons (Fsp3) is 0.571. The lowest BCUT2D eigenvalue weighted by Gasteiger charge is -2.55. The molecule has 164 valence electrons. The van der Waals surface area contributed by atoms with E-state index in [1.54, 1.807) is 20.8 Å². The molecule has 0 aromatic heterocycles. The van der Waals surface area contributed by atoms with Crippen LogP contribution in [0.5, 0.6) is 0 Å². The van der Waals surface area contributed by atoms with Gasteiger partial charge in [0.1, 0.15) is 29.3 Å². The van der Waals surface area contributed by atoms with Gasteiger partial charge in [-0.3, -0.25) is 14.5 Å². The number of aliphatic carboxylic acids is 1. The Morgan fingerprint density at radius 2 is 1.87 bits per heavy atom. The maximum absolute atomic E-state index is 14.4. The lowest BCUT2D eigenvalue weighted by Crippen LogP contribution is -2.72. The molecule has 1 spiro atoms. The third kappa shape index (κ3) is 3.50. The third-order valence-electron chi connectivity index (χ3n) is 5.74. The van der Waals surface area contributed by atoms with Gasteiger partial charge < -0.3 is 14.7 Å². The van der Waals surface area contributed by atoms with Gasteiger partial charge in [0.25, 0.3) is 0 Å². The zero-order valence-corrected chi connectivity index (χ0v) is 17.7. The average Bonchev–Trinajstić information content (AvgIpc) is 2.93. The Kier molecular flexibility index (Phi) is 5.07. The molecule has 0 saturated carbocycles. The number of amides is 2. The van der Waals surface area contributed by atoms with Crippen molar-refractivity contribution in [1.82, 2.24) is 9.80 Å². The van der Waals surface area contributed by atoms with Gasteiger partial charge in [-0.15, -0.1) is 0 Å². The van der Waals surface area contributed by atoms with E-state index < -0.39 is 52.8 Å². The summed E-state index contributed by atoms with van der Waals surface area (Å²) in [5, 5.41) is 9.44. The number of carbonyl (C=O) groups excluding carboxylic acids is 2. The van der Waals surface area contributed by atoms with Gasteiger partial charge >= 0.3 is 12.1 Å². The van der Waals surface area contributed by atoms with Crippen LogP contribution < -0.4 is 0 Å². The first-order valence-electron chi connectivity index (χ1n) is 9.72. The molecule has 7 nitrogen and oxygen atoms in total. The molecule has 0 bridgehead atoms. The van der Waals surface area contributed by atoms with E-state index in [2.05, 4.69) is 0 Å². The molecule has 1 fully saturated rings. The number of halogens is 2. The number of hydrogen-bond donors (Lipinski definition) is 1. The molecule has 1 unspecified atom stereocenters. The number of carbonyl (C=O) groups is 3. The maximum atomic E-state index is 14.4. The lowest BCUT2D eigenvalue weighted by atomic mass is 9.81. The van der Waals surface area contributed by atoms with Crippen LogP contribution in [0, 0.1) is 11.6 Å². The number of carboxylic acids is 1. The van der Waals surface area contributed by atoms with Crippen LogP contribution in [0.1, 0.15) is 52.2 Å². The van der Waals surface area contributed by atoms with E-state index in [-0.39, 0.29) is 30.5 Å². The smallest absolute Gasteiger partial charge is 0.411 e. The molecule has 3 rings (SSSR count). The molecule has 1 saturated heterocycles. The fourth-order valence-electron chi connectivity index (χ4n) is 4.34. The summed E-state index contributed by atoms with van der Waals surface area (Å²) in [5.74, 6) is -3.46. The van der Waals surface area contributed by atoms with Crippen LogP contribution in [0.15, 0.2) is 12.1 Å². The Morgan fingerprint density at radius 3 is 2.43 bits per heavy atom. The van der Waals surface area contributed by atoms with Crippen LogP contribution in [0.3, 0.4) is 0 Å². The van der Waals surface area contributed by atoms with E-state index in [0.29, 0.717) is 0 Å². The first-order chi connectivity index (χ1) is 13.7. The molecule has 1 aliphatic carbocycles. The monoisotopic (exact) mass is 424 g/mol. The second-order valence-corrected chi connectivity index (χ2v) is 9.36. The van der Waals surface area contributed by atoms with Crippen molar-refractivity contribution in [3.63, 3.8) is 0 Å². The minimum absolute atomic E-state index is 0.135.